The Morgan fingerprint density at radius 2 is 1.44 bits per heavy atom. The van der Waals surface area contributed by atoms with Gasteiger partial charge >= 0.3 is 11.9 Å². The zero-order valence-electron chi connectivity index (χ0n) is 20.8. The van der Waals surface area contributed by atoms with Gasteiger partial charge in [0.15, 0.2) is 0 Å². The third kappa shape index (κ3) is 5.76. The molecule has 2 aromatic carbocycles. The van der Waals surface area contributed by atoms with Crippen LogP contribution in [0.3, 0.4) is 0 Å². The zero-order valence-corrected chi connectivity index (χ0v) is 22.3. The van der Waals surface area contributed by atoms with Crippen molar-refractivity contribution in [1.29, 1.82) is 0 Å². The van der Waals surface area contributed by atoms with Crippen molar-refractivity contribution in [3.05, 3.63) is 92.2 Å². The molecular formula is C27H29Cl2NO6. The van der Waals surface area contributed by atoms with Gasteiger partial charge < -0.3 is 24.3 Å². The summed E-state index contributed by atoms with van der Waals surface area (Å²) >= 11 is 13.0. The van der Waals surface area contributed by atoms with Gasteiger partial charge in [0.05, 0.1) is 57.8 Å². The Kier molecular flexibility index (Phi) is 9.56. The number of halogens is 2. The van der Waals surface area contributed by atoms with Crippen molar-refractivity contribution in [1.82, 2.24) is 5.32 Å². The lowest BCUT2D eigenvalue weighted by Gasteiger charge is -2.36. The van der Waals surface area contributed by atoms with E-state index in [0.717, 1.165) is 5.56 Å². The van der Waals surface area contributed by atoms with Gasteiger partial charge in [0, 0.05) is 14.2 Å². The number of nitrogens with one attached hydrogen (secondary N) is 1. The normalized spacial score (nSPS) is 17.4. The first kappa shape index (κ1) is 27.7. The first-order chi connectivity index (χ1) is 17.2. The van der Waals surface area contributed by atoms with Crippen LogP contribution < -0.4 is 5.32 Å². The number of carbonyl (C=O) groups excluding carboxylic acids is 2. The van der Waals surface area contributed by atoms with Crippen LogP contribution in [0.1, 0.15) is 30.9 Å². The van der Waals surface area contributed by atoms with E-state index in [0.29, 0.717) is 17.0 Å². The molecule has 7 nitrogen and oxygen atoms in total. The first-order valence-electron chi connectivity index (χ1n) is 11.3. The predicted octanol–water partition coefficient (Wildman–Crippen LogP) is 5.17. The third-order valence-electron chi connectivity index (χ3n) is 6.08. The molecule has 1 aliphatic heterocycles. The Bertz CT molecular complexity index is 1180. The number of methoxy groups -OCH3 is 3. The molecule has 0 saturated carbocycles. The molecule has 1 aliphatic rings. The molecule has 1 N–H and O–H groups in total. The van der Waals surface area contributed by atoms with Crippen LogP contribution in [-0.4, -0.2) is 45.5 Å². The van der Waals surface area contributed by atoms with Gasteiger partial charge in [-0.15, -0.1) is 0 Å². The highest BCUT2D eigenvalue weighted by Crippen LogP contribution is 2.45. The summed E-state index contributed by atoms with van der Waals surface area (Å²) in [4.78, 5) is 26.9. The van der Waals surface area contributed by atoms with Crippen LogP contribution in [0.4, 0.5) is 0 Å². The van der Waals surface area contributed by atoms with E-state index in [1.165, 1.54) is 21.3 Å². The molecule has 0 amide bonds. The quantitative estimate of drug-likeness (QED) is 0.445. The van der Waals surface area contributed by atoms with E-state index in [1.807, 2.05) is 30.3 Å². The maximum atomic E-state index is 13.7. The van der Waals surface area contributed by atoms with Gasteiger partial charge in [0.1, 0.15) is 6.61 Å². The van der Waals surface area contributed by atoms with Crippen molar-refractivity contribution in [3.8, 4) is 0 Å². The molecular weight excluding hydrogens is 505 g/mol. The molecule has 0 bridgehead atoms. The van der Waals surface area contributed by atoms with E-state index in [2.05, 4.69) is 5.32 Å². The number of hydrogen-bond donors (Lipinski definition) is 1. The van der Waals surface area contributed by atoms with E-state index in [9.17, 15) is 9.59 Å². The maximum absolute atomic E-state index is 13.7. The van der Waals surface area contributed by atoms with Gasteiger partial charge in [-0.3, -0.25) is 0 Å². The highest BCUT2D eigenvalue weighted by Gasteiger charge is 2.43. The Morgan fingerprint density at radius 1 is 0.861 bits per heavy atom. The average Bonchev–Trinajstić information content (AvgIpc) is 2.91. The van der Waals surface area contributed by atoms with Crippen LogP contribution in [0, 0.1) is 0 Å². The standard InChI is InChI=1S/C27H29Cl2NO6/c1-15(33-3)24-21(26(31)35-5)20(18-12-9-13-19(28)23(18)29)22(25(30-24)16(2)34-4)27(32)36-14-17-10-7-6-8-11-17/h6-13,15-16,20,30H,14H2,1-5H3. The van der Waals surface area contributed by atoms with Crippen molar-refractivity contribution in [2.75, 3.05) is 21.3 Å². The molecule has 3 unspecified atom stereocenters. The third-order valence-corrected chi connectivity index (χ3v) is 6.91. The van der Waals surface area contributed by atoms with E-state index in [4.69, 9.17) is 42.1 Å². The number of rotatable bonds is 9. The van der Waals surface area contributed by atoms with E-state index < -0.39 is 30.1 Å². The van der Waals surface area contributed by atoms with Crippen LogP contribution >= 0.6 is 23.2 Å². The minimum atomic E-state index is -0.964. The Hall–Kier alpha value is -2.84. The molecule has 192 valence electrons. The summed E-state index contributed by atoms with van der Waals surface area (Å²) < 4.78 is 22.0. The van der Waals surface area contributed by atoms with Gasteiger partial charge in [0.25, 0.3) is 0 Å². The number of carbonyl (C=O) groups is 2. The molecule has 0 fully saturated rings. The molecule has 36 heavy (non-hydrogen) atoms. The van der Waals surface area contributed by atoms with Gasteiger partial charge in [-0.1, -0.05) is 65.7 Å². The molecule has 3 rings (SSSR count). The van der Waals surface area contributed by atoms with Crippen LogP contribution in [0.5, 0.6) is 0 Å². The van der Waals surface area contributed by atoms with Crippen LogP contribution in [-0.2, 0) is 35.1 Å². The second kappa shape index (κ2) is 12.4. The van der Waals surface area contributed by atoms with E-state index in [1.54, 1.807) is 32.0 Å². The van der Waals surface area contributed by atoms with Crippen molar-refractivity contribution in [3.63, 3.8) is 0 Å². The first-order valence-corrected chi connectivity index (χ1v) is 12.0. The maximum Gasteiger partial charge on any atom is 0.337 e. The number of dihydropyridines is 1. The van der Waals surface area contributed by atoms with E-state index >= 15 is 0 Å². The van der Waals surface area contributed by atoms with Crippen LogP contribution in [0.15, 0.2) is 71.1 Å². The van der Waals surface area contributed by atoms with Crippen molar-refractivity contribution in [2.45, 2.75) is 38.6 Å². The fourth-order valence-corrected chi connectivity index (χ4v) is 4.45. The zero-order chi connectivity index (χ0) is 26.4. The monoisotopic (exact) mass is 533 g/mol. The number of esters is 2. The molecule has 0 aromatic heterocycles. The van der Waals surface area contributed by atoms with E-state index in [-0.39, 0.29) is 27.8 Å². The molecule has 9 heteroatoms. The van der Waals surface area contributed by atoms with Gasteiger partial charge in [-0.25, -0.2) is 9.59 Å². The largest absolute Gasteiger partial charge is 0.466 e. The summed E-state index contributed by atoms with van der Waals surface area (Å²) in [6.45, 7) is 3.59. The lowest BCUT2D eigenvalue weighted by atomic mass is 9.78. The Balaban J connectivity index is 2.26. The molecule has 0 aliphatic carbocycles. The fourth-order valence-electron chi connectivity index (χ4n) is 4.03. The van der Waals surface area contributed by atoms with Gasteiger partial charge in [0.2, 0.25) is 0 Å². The van der Waals surface area contributed by atoms with Crippen LogP contribution in [0.25, 0.3) is 0 Å². The predicted molar refractivity (Wildman–Crippen MR) is 138 cm³/mol. The summed E-state index contributed by atoms with van der Waals surface area (Å²) in [5, 5.41) is 3.69. The minimum Gasteiger partial charge on any atom is -0.466 e. The minimum absolute atomic E-state index is 0.0341. The summed E-state index contributed by atoms with van der Waals surface area (Å²) in [5.74, 6) is -2.26. The van der Waals surface area contributed by atoms with Crippen molar-refractivity contribution >= 4 is 35.1 Å². The Morgan fingerprint density at radius 3 is 2.00 bits per heavy atom. The summed E-state index contributed by atoms with van der Waals surface area (Å²) in [6, 6.07) is 14.3. The summed E-state index contributed by atoms with van der Waals surface area (Å²) in [6.07, 6.45) is -1.12. The summed E-state index contributed by atoms with van der Waals surface area (Å²) in [5.41, 5.74) is 2.42. The molecule has 0 saturated heterocycles. The second-order valence-electron chi connectivity index (χ2n) is 8.16. The SMILES string of the molecule is COC(=O)C1=C(C(C)OC)NC(C(C)OC)=C(C(=O)OCc2ccccc2)C1c1cccc(Cl)c1Cl. The number of ether oxygens (including phenoxy) is 4. The highest BCUT2D eigenvalue weighted by atomic mass is 35.5. The van der Waals surface area contributed by atoms with Crippen LogP contribution in [0.2, 0.25) is 10.0 Å². The lowest BCUT2D eigenvalue weighted by Crippen LogP contribution is -2.41. The molecule has 1 heterocycles. The molecule has 0 radical (unpaired) electrons. The molecule has 3 atom stereocenters. The number of hydrogen-bond acceptors (Lipinski definition) is 7. The smallest absolute Gasteiger partial charge is 0.337 e. The molecule has 0 spiro atoms. The average molecular weight is 534 g/mol. The fraction of sp³-hybridized carbons (Fsp3) is 0.333. The van der Waals surface area contributed by atoms with Gasteiger partial charge in [-0.05, 0) is 31.0 Å². The summed E-state index contributed by atoms with van der Waals surface area (Å²) in [7, 11) is 4.31. The van der Waals surface area contributed by atoms with Crippen molar-refractivity contribution in [2.24, 2.45) is 0 Å². The number of benzene rings is 2. The lowest BCUT2D eigenvalue weighted by molar-refractivity contribution is -0.141. The topological polar surface area (TPSA) is 83.1 Å². The molecule has 2 aromatic rings. The van der Waals surface area contributed by atoms with Crippen molar-refractivity contribution < 1.29 is 28.5 Å². The highest BCUT2D eigenvalue weighted by molar-refractivity contribution is 6.42. The van der Waals surface area contributed by atoms with Gasteiger partial charge in [-0.2, -0.15) is 0 Å². The second-order valence-corrected chi connectivity index (χ2v) is 8.95. The Labute approximate surface area is 221 Å².